The van der Waals surface area contributed by atoms with Gasteiger partial charge in [-0.1, -0.05) is 207 Å². The van der Waals surface area contributed by atoms with Gasteiger partial charge < -0.3 is 0 Å². The predicted octanol–water partition coefficient (Wildman–Crippen LogP) is 21.2. The molecule has 72 heavy (non-hydrogen) atoms. The molecule has 11 rings (SSSR count). The lowest BCUT2D eigenvalue weighted by Gasteiger charge is -2.28. The lowest BCUT2D eigenvalue weighted by atomic mass is 9.75. The molecule has 0 amide bonds. The first-order valence-corrected chi connectivity index (χ1v) is 26.8. The molecule has 0 unspecified atom stereocenters. The zero-order chi connectivity index (χ0) is 51.7. The van der Waals surface area contributed by atoms with E-state index in [1.165, 1.54) is 160 Å². The molecule has 0 N–H and O–H groups in total. The molecular weight excluding hydrogens is 865 g/mol. The summed E-state index contributed by atoms with van der Waals surface area (Å²) >= 11 is 0. The molecule has 0 heteroatoms. The second-order valence-electron chi connectivity index (χ2n) is 27.2. The van der Waals surface area contributed by atoms with Crippen molar-refractivity contribution in [1.29, 1.82) is 0 Å². The van der Waals surface area contributed by atoms with Crippen LogP contribution in [-0.4, -0.2) is 0 Å². The summed E-state index contributed by atoms with van der Waals surface area (Å²) in [5.74, 6) is 0. The molecule has 9 aromatic carbocycles. The highest BCUT2D eigenvalue weighted by Crippen LogP contribution is 2.64. The van der Waals surface area contributed by atoms with Gasteiger partial charge in [0.05, 0.1) is 0 Å². The molecular formula is C72H76. The minimum absolute atomic E-state index is 0.0127. The van der Waals surface area contributed by atoms with Gasteiger partial charge in [0.25, 0.3) is 0 Å². The molecule has 0 radical (unpaired) electrons. The molecule has 364 valence electrons. The number of aryl methyl sites for hydroxylation is 4. The van der Waals surface area contributed by atoms with E-state index in [0.29, 0.717) is 0 Å². The van der Waals surface area contributed by atoms with Crippen molar-refractivity contribution in [1.82, 2.24) is 0 Å². The molecule has 2 aliphatic rings. The van der Waals surface area contributed by atoms with Gasteiger partial charge in [-0.05, 0) is 227 Å². The highest BCUT2D eigenvalue weighted by Gasteiger charge is 2.38. The first-order valence-electron chi connectivity index (χ1n) is 26.8. The third-order valence-electron chi connectivity index (χ3n) is 16.7. The van der Waals surface area contributed by atoms with E-state index in [4.69, 9.17) is 0 Å². The van der Waals surface area contributed by atoms with Gasteiger partial charge in [0.15, 0.2) is 0 Å². The van der Waals surface area contributed by atoms with Crippen LogP contribution in [0, 0.1) is 27.7 Å². The number of benzene rings is 9. The Morgan fingerprint density at radius 2 is 0.653 bits per heavy atom. The first-order chi connectivity index (χ1) is 33.5. The van der Waals surface area contributed by atoms with E-state index < -0.39 is 0 Å². The highest BCUT2D eigenvalue weighted by molar-refractivity contribution is 6.34. The van der Waals surface area contributed by atoms with Crippen LogP contribution in [0.4, 0.5) is 0 Å². The minimum Gasteiger partial charge on any atom is -0.0616 e. The maximum atomic E-state index is 2.57. The van der Waals surface area contributed by atoms with Crippen LogP contribution in [0.15, 0.2) is 115 Å². The van der Waals surface area contributed by atoms with Crippen molar-refractivity contribution in [2.24, 2.45) is 0 Å². The number of fused-ring (bicyclic) bond motifs is 8. The Morgan fingerprint density at radius 3 is 1.12 bits per heavy atom. The zero-order valence-corrected chi connectivity index (χ0v) is 47.0. The Bertz CT molecular complexity index is 3740. The van der Waals surface area contributed by atoms with E-state index in [-0.39, 0.29) is 27.1 Å². The van der Waals surface area contributed by atoms with Crippen molar-refractivity contribution >= 4 is 32.3 Å². The normalized spacial score (nSPS) is 13.5. The Labute approximate surface area is 432 Å². The van der Waals surface area contributed by atoms with Crippen molar-refractivity contribution in [2.75, 3.05) is 0 Å². The Morgan fingerprint density at radius 1 is 0.250 bits per heavy atom. The summed E-state index contributed by atoms with van der Waals surface area (Å²) in [5.41, 5.74) is 31.2. The molecule has 0 fully saturated rings. The maximum absolute atomic E-state index is 2.57. The van der Waals surface area contributed by atoms with E-state index in [0.717, 1.165) is 0 Å². The number of rotatable bonds is 3. The second-order valence-corrected chi connectivity index (χ2v) is 27.2. The van der Waals surface area contributed by atoms with Gasteiger partial charge >= 0.3 is 0 Å². The van der Waals surface area contributed by atoms with Crippen LogP contribution in [0.5, 0.6) is 0 Å². The topological polar surface area (TPSA) is 0 Å². The lowest BCUT2D eigenvalue weighted by molar-refractivity contribution is 0.569. The second kappa shape index (κ2) is 15.6. The number of hydrogen-bond donors (Lipinski definition) is 0. The predicted molar refractivity (Wildman–Crippen MR) is 317 cm³/mol. The molecule has 0 heterocycles. The SMILES string of the molecule is Cc1cc(C(C)(C)C)cc(C)c1-c1c2c(c(-c3c(C)cc(C(C)(C)C)cc3C)c3cc(C(C)(C)C)ccc13)-c1ccc3c4c(ccc-2c14)-c1c-3cc2ccccc2c1-c1cc(C(C)(C)C)cc(C(C)(C)C)c1. The summed E-state index contributed by atoms with van der Waals surface area (Å²) in [6.45, 7) is 44.8. The molecule has 0 nitrogen and oxygen atoms in total. The Balaban J connectivity index is 1.32. The van der Waals surface area contributed by atoms with Gasteiger partial charge in [0.1, 0.15) is 0 Å². The van der Waals surface area contributed by atoms with Gasteiger partial charge in [0.2, 0.25) is 0 Å². The lowest BCUT2D eigenvalue weighted by Crippen LogP contribution is -2.16. The summed E-state index contributed by atoms with van der Waals surface area (Å²) < 4.78 is 0. The highest BCUT2D eigenvalue weighted by atomic mass is 14.4. The van der Waals surface area contributed by atoms with E-state index in [1.54, 1.807) is 0 Å². The van der Waals surface area contributed by atoms with Crippen LogP contribution in [0.25, 0.3) is 110 Å². The monoisotopic (exact) mass is 941 g/mol. The largest absolute Gasteiger partial charge is 0.0616 e. The molecule has 2 aliphatic carbocycles. The van der Waals surface area contributed by atoms with Crippen molar-refractivity contribution in [3.63, 3.8) is 0 Å². The smallest absolute Gasteiger partial charge is 0.000720 e. The van der Waals surface area contributed by atoms with Gasteiger partial charge in [-0.3, -0.25) is 0 Å². The third kappa shape index (κ3) is 7.28. The molecule has 9 aromatic rings. The standard InChI is InChI=1S/C72H76/c1-39-30-46(69(8,9)10)31-40(2)58(39)64-52-25-24-45(68(5,6)7)38-57(52)67(59-41(3)32-47(33-42(59)4)70(11,12)13)66-54-27-26-51-56-36-43-22-20-21-23-50(43)60(63(56)53-28-29-55(65(64)66)62(54)61(51)53)44-34-48(71(14,15)16)37-49(35-44)72(17,18)19/h20-38H,1-19H3. The van der Waals surface area contributed by atoms with E-state index in [2.05, 4.69) is 247 Å². The van der Waals surface area contributed by atoms with Crippen LogP contribution in [-0.2, 0) is 27.1 Å². The summed E-state index contributed by atoms with van der Waals surface area (Å²) in [5, 5.41) is 8.05. The van der Waals surface area contributed by atoms with Crippen molar-refractivity contribution < 1.29 is 0 Å². The van der Waals surface area contributed by atoms with Crippen LogP contribution in [0.2, 0.25) is 0 Å². The Kier molecular flexibility index (Phi) is 10.4. The number of hydrogen-bond acceptors (Lipinski definition) is 0. The summed E-state index contributed by atoms with van der Waals surface area (Å²) in [7, 11) is 0. The summed E-state index contributed by atoms with van der Waals surface area (Å²) in [4.78, 5) is 0. The fourth-order valence-corrected chi connectivity index (χ4v) is 12.7. The molecule has 0 bridgehead atoms. The fraction of sp³-hybridized carbons (Fsp3) is 0.333. The quantitative estimate of drug-likeness (QED) is 0.166. The third-order valence-corrected chi connectivity index (χ3v) is 16.7. The summed E-state index contributed by atoms with van der Waals surface area (Å²) in [6.07, 6.45) is 0. The average molecular weight is 941 g/mol. The van der Waals surface area contributed by atoms with Crippen LogP contribution in [0.3, 0.4) is 0 Å². The van der Waals surface area contributed by atoms with Gasteiger partial charge in [-0.15, -0.1) is 0 Å². The molecule has 0 spiro atoms. The summed E-state index contributed by atoms with van der Waals surface area (Å²) in [6, 6.07) is 46.6. The molecule has 0 saturated heterocycles. The molecule has 0 aliphatic heterocycles. The zero-order valence-electron chi connectivity index (χ0n) is 47.0. The van der Waals surface area contributed by atoms with Crippen molar-refractivity contribution in [3.8, 4) is 77.9 Å². The molecule has 0 aromatic heterocycles. The van der Waals surface area contributed by atoms with E-state index >= 15 is 0 Å². The molecule has 0 atom stereocenters. The van der Waals surface area contributed by atoms with Gasteiger partial charge in [0, 0.05) is 0 Å². The first kappa shape index (κ1) is 48.1. The van der Waals surface area contributed by atoms with Crippen molar-refractivity contribution in [3.05, 3.63) is 165 Å². The molecule has 0 saturated carbocycles. The van der Waals surface area contributed by atoms with Crippen LogP contribution >= 0.6 is 0 Å². The van der Waals surface area contributed by atoms with Gasteiger partial charge in [-0.2, -0.15) is 0 Å². The minimum atomic E-state index is -0.0381. The fourth-order valence-electron chi connectivity index (χ4n) is 12.7. The van der Waals surface area contributed by atoms with Gasteiger partial charge in [-0.25, -0.2) is 0 Å². The average Bonchev–Trinajstić information content (AvgIpc) is 3.78. The van der Waals surface area contributed by atoms with E-state index in [9.17, 15) is 0 Å². The maximum Gasteiger partial charge on any atom is -0.000720 e. The van der Waals surface area contributed by atoms with Crippen molar-refractivity contribution in [2.45, 2.75) is 159 Å². The van der Waals surface area contributed by atoms with E-state index in [1.807, 2.05) is 0 Å². The van der Waals surface area contributed by atoms with Crippen LogP contribution < -0.4 is 0 Å². The van der Waals surface area contributed by atoms with Crippen LogP contribution in [0.1, 0.15) is 154 Å². The Hall–Kier alpha value is -6.24.